The van der Waals surface area contributed by atoms with Crippen molar-refractivity contribution in [2.75, 3.05) is 23.7 Å². The first-order valence-corrected chi connectivity index (χ1v) is 7.85. The van der Waals surface area contributed by atoms with Gasteiger partial charge in [-0.05, 0) is 48.9 Å². The summed E-state index contributed by atoms with van der Waals surface area (Å²) in [4.78, 5) is 2.32. The molecule has 0 radical (unpaired) electrons. The monoisotopic (exact) mass is 291 g/mol. The van der Waals surface area contributed by atoms with Crippen LogP contribution in [0.3, 0.4) is 0 Å². The topological polar surface area (TPSA) is 53.1 Å². The van der Waals surface area contributed by atoms with Crippen LogP contribution in [-0.4, -0.2) is 13.1 Å². The zero-order valence-electron chi connectivity index (χ0n) is 12.7. The van der Waals surface area contributed by atoms with Gasteiger partial charge < -0.3 is 10.6 Å². The van der Waals surface area contributed by atoms with Gasteiger partial charge in [-0.25, -0.2) is 0 Å². The van der Waals surface area contributed by atoms with Gasteiger partial charge in [0.1, 0.15) is 6.07 Å². The van der Waals surface area contributed by atoms with Gasteiger partial charge in [-0.3, -0.25) is 0 Å². The normalized spacial score (nSPS) is 15.5. The fourth-order valence-corrected chi connectivity index (χ4v) is 3.24. The molecule has 2 N–H and O–H groups in total. The SMILES string of the molecule is N#Cc1cc(N)ccc1N1CCC(Cc2ccccc2)CC1. The molecule has 1 aliphatic rings. The highest BCUT2D eigenvalue weighted by atomic mass is 15.1. The van der Waals surface area contributed by atoms with E-state index in [9.17, 15) is 5.26 Å². The molecule has 0 saturated carbocycles. The molecule has 1 aliphatic heterocycles. The summed E-state index contributed by atoms with van der Waals surface area (Å²) < 4.78 is 0. The Balaban J connectivity index is 1.64. The molecule has 0 unspecified atom stereocenters. The van der Waals surface area contributed by atoms with Crippen molar-refractivity contribution in [2.45, 2.75) is 19.3 Å². The Kier molecular flexibility index (Phi) is 4.29. The average Bonchev–Trinajstić information content (AvgIpc) is 2.56. The molecule has 112 valence electrons. The highest BCUT2D eigenvalue weighted by Crippen LogP contribution is 2.28. The minimum Gasteiger partial charge on any atom is -0.399 e. The van der Waals surface area contributed by atoms with Gasteiger partial charge >= 0.3 is 0 Å². The number of nitriles is 1. The Labute approximate surface area is 132 Å². The Morgan fingerprint density at radius 2 is 1.82 bits per heavy atom. The van der Waals surface area contributed by atoms with Crippen molar-refractivity contribution in [3.8, 4) is 6.07 Å². The maximum absolute atomic E-state index is 9.29. The minimum atomic E-state index is 0.652. The van der Waals surface area contributed by atoms with Crippen LogP contribution in [0.1, 0.15) is 24.0 Å². The van der Waals surface area contributed by atoms with Gasteiger partial charge in [0.15, 0.2) is 0 Å². The van der Waals surface area contributed by atoms with Crippen molar-refractivity contribution in [1.29, 1.82) is 5.26 Å². The van der Waals surface area contributed by atoms with Crippen LogP contribution in [0.2, 0.25) is 0 Å². The lowest BCUT2D eigenvalue weighted by atomic mass is 9.90. The second-order valence-corrected chi connectivity index (χ2v) is 6.01. The fraction of sp³-hybridized carbons (Fsp3) is 0.316. The number of hydrogen-bond donors (Lipinski definition) is 1. The first kappa shape index (κ1) is 14.5. The van der Waals surface area contributed by atoms with Gasteiger partial charge in [-0.1, -0.05) is 30.3 Å². The van der Waals surface area contributed by atoms with Gasteiger partial charge in [-0.2, -0.15) is 5.26 Å². The minimum absolute atomic E-state index is 0.652. The van der Waals surface area contributed by atoms with E-state index in [0.29, 0.717) is 11.3 Å². The number of anilines is 2. The highest BCUT2D eigenvalue weighted by molar-refractivity contribution is 5.64. The van der Waals surface area contributed by atoms with Crippen LogP contribution in [0.15, 0.2) is 48.5 Å². The van der Waals surface area contributed by atoms with Crippen molar-refractivity contribution in [3.63, 3.8) is 0 Å². The van der Waals surface area contributed by atoms with E-state index in [1.165, 1.54) is 18.4 Å². The summed E-state index contributed by atoms with van der Waals surface area (Å²) in [6.07, 6.45) is 3.50. The van der Waals surface area contributed by atoms with Gasteiger partial charge in [0.2, 0.25) is 0 Å². The second kappa shape index (κ2) is 6.53. The molecule has 0 amide bonds. The first-order chi connectivity index (χ1) is 10.8. The number of nitrogen functional groups attached to an aromatic ring is 1. The second-order valence-electron chi connectivity index (χ2n) is 6.01. The molecular weight excluding hydrogens is 270 g/mol. The van der Waals surface area contributed by atoms with Crippen molar-refractivity contribution in [1.82, 2.24) is 0 Å². The molecule has 0 aromatic heterocycles. The lowest BCUT2D eigenvalue weighted by molar-refractivity contribution is 0.403. The molecular formula is C19H21N3. The van der Waals surface area contributed by atoms with E-state index in [1.807, 2.05) is 12.1 Å². The lowest BCUT2D eigenvalue weighted by Gasteiger charge is -2.34. The smallest absolute Gasteiger partial charge is 0.101 e. The van der Waals surface area contributed by atoms with Crippen molar-refractivity contribution < 1.29 is 0 Å². The summed E-state index contributed by atoms with van der Waals surface area (Å²) in [6.45, 7) is 2.02. The van der Waals surface area contributed by atoms with E-state index in [1.54, 1.807) is 6.07 Å². The first-order valence-electron chi connectivity index (χ1n) is 7.85. The Bertz CT molecular complexity index is 665. The molecule has 3 nitrogen and oxygen atoms in total. The largest absolute Gasteiger partial charge is 0.399 e. The molecule has 22 heavy (non-hydrogen) atoms. The van der Waals surface area contributed by atoms with Gasteiger partial charge in [0, 0.05) is 18.8 Å². The van der Waals surface area contributed by atoms with Crippen LogP contribution >= 0.6 is 0 Å². The van der Waals surface area contributed by atoms with E-state index >= 15 is 0 Å². The zero-order chi connectivity index (χ0) is 15.4. The van der Waals surface area contributed by atoms with Crippen molar-refractivity contribution in [3.05, 3.63) is 59.7 Å². The quantitative estimate of drug-likeness (QED) is 0.879. The molecule has 2 aromatic carbocycles. The zero-order valence-corrected chi connectivity index (χ0v) is 12.7. The Hall–Kier alpha value is -2.47. The van der Waals surface area contributed by atoms with E-state index < -0.39 is 0 Å². The molecule has 1 saturated heterocycles. The Morgan fingerprint density at radius 1 is 1.09 bits per heavy atom. The number of hydrogen-bond acceptors (Lipinski definition) is 3. The molecule has 3 heteroatoms. The molecule has 0 atom stereocenters. The van der Waals surface area contributed by atoms with Crippen molar-refractivity contribution >= 4 is 11.4 Å². The number of nitrogens with two attached hydrogens (primary N) is 1. The molecule has 3 rings (SSSR count). The van der Waals surface area contributed by atoms with E-state index in [4.69, 9.17) is 5.73 Å². The van der Waals surface area contributed by atoms with Gasteiger partial charge in [0.25, 0.3) is 0 Å². The highest BCUT2D eigenvalue weighted by Gasteiger charge is 2.21. The summed E-state index contributed by atoms with van der Waals surface area (Å²) in [5.74, 6) is 0.734. The summed E-state index contributed by atoms with van der Waals surface area (Å²) in [5, 5.41) is 9.29. The third-order valence-electron chi connectivity index (χ3n) is 4.46. The van der Waals surface area contributed by atoms with Gasteiger partial charge in [0.05, 0.1) is 11.3 Å². The van der Waals surface area contributed by atoms with E-state index in [0.717, 1.165) is 31.1 Å². The van der Waals surface area contributed by atoms with Crippen LogP contribution in [0.4, 0.5) is 11.4 Å². The van der Waals surface area contributed by atoms with Crippen LogP contribution in [0.5, 0.6) is 0 Å². The Morgan fingerprint density at radius 3 is 2.50 bits per heavy atom. The maximum atomic E-state index is 9.29. The van der Waals surface area contributed by atoms with Crippen LogP contribution in [-0.2, 0) is 6.42 Å². The molecule has 0 bridgehead atoms. The standard InChI is InChI=1S/C19H21N3/c20-14-17-13-18(21)6-7-19(17)22-10-8-16(9-11-22)12-15-4-2-1-3-5-15/h1-7,13,16H,8-12,21H2. The third-order valence-corrected chi connectivity index (χ3v) is 4.46. The number of nitrogens with zero attached hydrogens (tertiary/aromatic N) is 2. The van der Waals surface area contributed by atoms with Crippen LogP contribution in [0, 0.1) is 17.2 Å². The number of benzene rings is 2. The molecule has 0 spiro atoms. The molecule has 2 aromatic rings. The van der Waals surface area contributed by atoms with Gasteiger partial charge in [-0.15, -0.1) is 0 Å². The summed E-state index contributed by atoms with van der Waals surface area (Å²) in [7, 11) is 0. The van der Waals surface area contributed by atoms with Crippen LogP contribution in [0.25, 0.3) is 0 Å². The summed E-state index contributed by atoms with van der Waals surface area (Å²) in [6, 6.07) is 18.6. The maximum Gasteiger partial charge on any atom is 0.101 e. The lowest BCUT2D eigenvalue weighted by Crippen LogP contribution is -2.34. The molecule has 1 heterocycles. The molecule has 0 aliphatic carbocycles. The number of piperidine rings is 1. The fourth-order valence-electron chi connectivity index (χ4n) is 3.24. The van der Waals surface area contributed by atoms with E-state index in [2.05, 4.69) is 41.3 Å². The van der Waals surface area contributed by atoms with E-state index in [-0.39, 0.29) is 0 Å². The average molecular weight is 291 g/mol. The summed E-state index contributed by atoms with van der Waals surface area (Å²) in [5.41, 5.74) is 9.55. The molecule has 1 fully saturated rings. The number of rotatable bonds is 3. The summed E-state index contributed by atoms with van der Waals surface area (Å²) >= 11 is 0. The third kappa shape index (κ3) is 3.23. The predicted molar refractivity (Wildman–Crippen MR) is 90.7 cm³/mol. The van der Waals surface area contributed by atoms with Crippen LogP contribution < -0.4 is 10.6 Å². The van der Waals surface area contributed by atoms with Crippen molar-refractivity contribution in [2.24, 2.45) is 5.92 Å². The predicted octanol–water partition coefficient (Wildman–Crippen LogP) is 3.60.